The second-order valence-electron chi connectivity index (χ2n) is 6.58. The first-order chi connectivity index (χ1) is 12.4. The molecule has 2 N–H and O–H groups in total. The molecule has 0 aromatic heterocycles. The third kappa shape index (κ3) is 4.75. The molecule has 1 heterocycles. The lowest BCUT2D eigenvalue weighted by Crippen LogP contribution is -2.55. The number of hydrogen-bond donors (Lipinski definition) is 1. The van der Waals surface area contributed by atoms with Crippen molar-refractivity contribution in [2.75, 3.05) is 32.7 Å². The van der Waals surface area contributed by atoms with Crippen LogP contribution in [0.2, 0.25) is 0 Å². The molecule has 8 nitrogen and oxygen atoms in total. The van der Waals surface area contributed by atoms with E-state index in [2.05, 4.69) is 0 Å². The van der Waals surface area contributed by atoms with Crippen LogP contribution in [0, 0.1) is 15.5 Å². The lowest BCUT2D eigenvalue weighted by atomic mass is 9.81. The fraction of sp³-hybridized carbons (Fsp3) is 0.556. The second-order valence-corrected chi connectivity index (χ2v) is 6.58. The van der Waals surface area contributed by atoms with E-state index in [1.165, 1.54) is 24.3 Å². The number of non-ortho nitro benzene ring substituents is 1. The van der Waals surface area contributed by atoms with Crippen LogP contribution in [-0.4, -0.2) is 59.3 Å². The number of carbonyl (C=O) groups excluding carboxylic acids is 2. The molecule has 1 aliphatic heterocycles. The highest BCUT2D eigenvalue weighted by Gasteiger charge is 2.38. The normalized spacial score (nSPS) is 14.5. The van der Waals surface area contributed by atoms with Gasteiger partial charge in [-0.3, -0.25) is 19.7 Å². The number of nitrogens with zero attached hydrogens (tertiary/aromatic N) is 3. The third-order valence-corrected chi connectivity index (χ3v) is 5.38. The summed E-state index contributed by atoms with van der Waals surface area (Å²) in [5.74, 6) is -0.115. The molecule has 1 saturated heterocycles. The van der Waals surface area contributed by atoms with Gasteiger partial charge in [0.15, 0.2) is 0 Å². The molecule has 150 valence electrons. The lowest BCUT2D eigenvalue weighted by Gasteiger charge is -2.40. The minimum Gasteiger partial charge on any atom is -0.339 e. The zero-order valence-electron chi connectivity index (χ0n) is 15.7. The average Bonchev–Trinajstić information content (AvgIpc) is 2.69. The average molecular weight is 399 g/mol. The highest BCUT2D eigenvalue weighted by Crippen LogP contribution is 2.28. The van der Waals surface area contributed by atoms with Gasteiger partial charge in [0.05, 0.1) is 10.3 Å². The second kappa shape index (κ2) is 9.66. The van der Waals surface area contributed by atoms with E-state index in [1.54, 1.807) is 9.80 Å². The molecule has 0 spiro atoms. The third-order valence-electron chi connectivity index (χ3n) is 5.38. The molecule has 2 rings (SSSR count). The Balaban J connectivity index is 0.00000364. The van der Waals surface area contributed by atoms with Crippen molar-refractivity contribution in [3.05, 3.63) is 39.9 Å². The number of piperazine rings is 1. The molecule has 1 aliphatic rings. The molecule has 0 radical (unpaired) electrons. The van der Waals surface area contributed by atoms with Crippen LogP contribution in [0.4, 0.5) is 5.69 Å². The number of benzene rings is 1. The quantitative estimate of drug-likeness (QED) is 0.582. The Morgan fingerprint density at radius 3 is 1.96 bits per heavy atom. The van der Waals surface area contributed by atoms with E-state index in [9.17, 15) is 19.7 Å². The van der Waals surface area contributed by atoms with Crippen LogP contribution in [-0.2, 0) is 4.79 Å². The monoisotopic (exact) mass is 398 g/mol. The van der Waals surface area contributed by atoms with Gasteiger partial charge in [-0.1, -0.05) is 13.8 Å². The molecule has 27 heavy (non-hydrogen) atoms. The predicted molar refractivity (Wildman–Crippen MR) is 105 cm³/mol. The molecule has 0 bridgehead atoms. The fourth-order valence-electron chi connectivity index (χ4n) is 3.28. The van der Waals surface area contributed by atoms with Gasteiger partial charge in [-0.25, -0.2) is 0 Å². The van der Waals surface area contributed by atoms with Gasteiger partial charge in [-0.2, -0.15) is 0 Å². The van der Waals surface area contributed by atoms with Crippen molar-refractivity contribution in [2.45, 2.75) is 26.7 Å². The number of nitro benzene ring substituents is 1. The van der Waals surface area contributed by atoms with Crippen LogP contribution in [0.5, 0.6) is 0 Å². The van der Waals surface area contributed by atoms with Crippen LogP contribution >= 0.6 is 12.4 Å². The first-order valence-corrected chi connectivity index (χ1v) is 8.91. The zero-order chi connectivity index (χ0) is 19.3. The summed E-state index contributed by atoms with van der Waals surface area (Å²) in [6.45, 7) is 6.09. The summed E-state index contributed by atoms with van der Waals surface area (Å²) in [5.41, 5.74) is 5.70. The molecular weight excluding hydrogens is 372 g/mol. The summed E-state index contributed by atoms with van der Waals surface area (Å²) < 4.78 is 0. The fourth-order valence-corrected chi connectivity index (χ4v) is 3.28. The summed E-state index contributed by atoms with van der Waals surface area (Å²) in [6, 6.07) is 5.58. The summed E-state index contributed by atoms with van der Waals surface area (Å²) in [6.07, 6.45) is 1.39. The van der Waals surface area contributed by atoms with Gasteiger partial charge in [0.1, 0.15) is 0 Å². The van der Waals surface area contributed by atoms with E-state index in [4.69, 9.17) is 5.73 Å². The first kappa shape index (κ1) is 22.9. The van der Waals surface area contributed by atoms with E-state index in [-0.39, 0.29) is 29.9 Å². The molecule has 0 saturated carbocycles. The Morgan fingerprint density at radius 2 is 1.56 bits per heavy atom. The SMILES string of the molecule is CCC(CC)(CN)C(=O)N1CCN(C(=O)c2ccc([N+](=O)[O-])cc2)CC1.Cl. The van der Waals surface area contributed by atoms with Gasteiger partial charge in [0, 0.05) is 50.4 Å². The largest absolute Gasteiger partial charge is 0.339 e. The van der Waals surface area contributed by atoms with E-state index >= 15 is 0 Å². The number of nitrogens with two attached hydrogens (primary N) is 1. The van der Waals surface area contributed by atoms with Crippen molar-refractivity contribution in [2.24, 2.45) is 11.1 Å². The standard InChI is InChI=1S/C18H26N4O4.ClH/c1-3-18(4-2,13-19)17(24)21-11-9-20(10-12-21)16(23)14-5-7-15(8-6-14)22(25)26;/h5-8H,3-4,9-13,19H2,1-2H3;1H. The Bertz CT molecular complexity index is 660. The van der Waals surface area contributed by atoms with Crippen molar-refractivity contribution >= 4 is 29.9 Å². The van der Waals surface area contributed by atoms with Crippen molar-refractivity contribution in [3.8, 4) is 0 Å². The number of rotatable bonds is 6. The smallest absolute Gasteiger partial charge is 0.269 e. The van der Waals surface area contributed by atoms with Gasteiger partial charge in [-0.15, -0.1) is 12.4 Å². The molecule has 1 aromatic carbocycles. The summed E-state index contributed by atoms with van der Waals surface area (Å²) in [5, 5.41) is 10.7. The Hall–Kier alpha value is -2.19. The number of hydrogen-bond acceptors (Lipinski definition) is 5. The predicted octanol–water partition coefficient (Wildman–Crippen LogP) is 2.07. The molecule has 1 aromatic rings. The Labute approximate surface area is 165 Å². The highest BCUT2D eigenvalue weighted by molar-refractivity contribution is 5.94. The van der Waals surface area contributed by atoms with E-state index < -0.39 is 10.3 Å². The summed E-state index contributed by atoms with van der Waals surface area (Å²) >= 11 is 0. The van der Waals surface area contributed by atoms with Crippen LogP contribution < -0.4 is 5.73 Å². The molecule has 2 amide bonds. The number of carbonyl (C=O) groups is 2. The molecule has 0 atom stereocenters. The van der Waals surface area contributed by atoms with E-state index in [1.807, 2.05) is 13.8 Å². The van der Waals surface area contributed by atoms with Gasteiger partial charge in [-0.05, 0) is 25.0 Å². The van der Waals surface area contributed by atoms with Crippen molar-refractivity contribution in [3.63, 3.8) is 0 Å². The van der Waals surface area contributed by atoms with Gasteiger partial charge in [0.25, 0.3) is 11.6 Å². The maximum atomic E-state index is 12.8. The first-order valence-electron chi connectivity index (χ1n) is 8.91. The Kier molecular flexibility index (Phi) is 8.18. The summed E-state index contributed by atoms with van der Waals surface area (Å²) in [4.78, 5) is 39.1. The minimum absolute atomic E-state index is 0. The maximum absolute atomic E-state index is 12.8. The molecule has 1 fully saturated rings. The molecule has 9 heteroatoms. The van der Waals surface area contributed by atoms with Crippen LogP contribution in [0.1, 0.15) is 37.0 Å². The van der Waals surface area contributed by atoms with Crippen LogP contribution in [0.15, 0.2) is 24.3 Å². The van der Waals surface area contributed by atoms with Crippen molar-refractivity contribution < 1.29 is 14.5 Å². The Morgan fingerprint density at radius 1 is 1.07 bits per heavy atom. The van der Waals surface area contributed by atoms with E-state index in [0.29, 0.717) is 51.1 Å². The van der Waals surface area contributed by atoms with Gasteiger partial charge < -0.3 is 15.5 Å². The highest BCUT2D eigenvalue weighted by atomic mass is 35.5. The van der Waals surface area contributed by atoms with Gasteiger partial charge >= 0.3 is 0 Å². The molecule has 0 unspecified atom stereocenters. The number of nitro groups is 1. The molecular formula is C18H27ClN4O4. The zero-order valence-corrected chi connectivity index (χ0v) is 16.5. The lowest BCUT2D eigenvalue weighted by molar-refractivity contribution is -0.384. The molecule has 0 aliphatic carbocycles. The minimum atomic E-state index is -0.523. The maximum Gasteiger partial charge on any atom is 0.269 e. The topological polar surface area (TPSA) is 110 Å². The summed E-state index contributed by atoms with van der Waals surface area (Å²) in [7, 11) is 0. The van der Waals surface area contributed by atoms with Crippen molar-refractivity contribution in [1.29, 1.82) is 0 Å². The van der Waals surface area contributed by atoms with Crippen LogP contribution in [0.25, 0.3) is 0 Å². The number of halogens is 1. The van der Waals surface area contributed by atoms with E-state index in [0.717, 1.165) is 0 Å². The number of amides is 2. The van der Waals surface area contributed by atoms with Crippen molar-refractivity contribution in [1.82, 2.24) is 9.80 Å². The van der Waals surface area contributed by atoms with Gasteiger partial charge in [0.2, 0.25) is 5.91 Å². The van der Waals surface area contributed by atoms with Crippen LogP contribution in [0.3, 0.4) is 0 Å².